The van der Waals surface area contributed by atoms with Gasteiger partial charge in [-0.15, -0.1) is 24.8 Å². The maximum atomic E-state index is 13.3. The summed E-state index contributed by atoms with van der Waals surface area (Å²) in [5.74, 6) is 0.954. The topological polar surface area (TPSA) is 172 Å². The van der Waals surface area contributed by atoms with Crippen LogP contribution in [0.1, 0.15) is 47.3 Å². The summed E-state index contributed by atoms with van der Waals surface area (Å²) in [4.78, 5) is 54.9. The molecule has 0 unspecified atom stereocenters. The smallest absolute Gasteiger partial charge is 0.274 e. The number of anilines is 2. The number of likely N-dealkylation sites (N-methyl/N-ethyl adjacent to an activating group) is 2. The van der Waals surface area contributed by atoms with Crippen LogP contribution in [0.25, 0.3) is 0 Å². The molecule has 61 heavy (non-hydrogen) atoms. The Bertz CT molecular complexity index is 1760. The Labute approximate surface area is 383 Å². The van der Waals surface area contributed by atoms with Crippen molar-refractivity contribution in [1.82, 2.24) is 34.9 Å². The third kappa shape index (κ3) is 15.2. The number of nitrogens with one attached hydrogen (secondary N) is 1. The average molecular weight is 929 g/mol. The molecule has 19 heteroatoms. The number of piperidine rings is 1. The maximum absolute atomic E-state index is 13.3. The van der Waals surface area contributed by atoms with E-state index in [0.717, 1.165) is 122 Å². The third-order valence-electron chi connectivity index (χ3n) is 11.7. The lowest BCUT2D eigenvalue weighted by Gasteiger charge is -2.45. The molecule has 0 saturated carbocycles. The number of nitrogens with two attached hydrogens (primary N) is 2. The Morgan fingerprint density at radius 2 is 1.20 bits per heavy atom. The van der Waals surface area contributed by atoms with E-state index >= 15 is 0 Å². The highest BCUT2D eigenvalue weighted by Crippen LogP contribution is 2.25. The monoisotopic (exact) mass is 926 g/mol. The summed E-state index contributed by atoms with van der Waals surface area (Å²) < 4.78 is 12.6. The second-order valence-corrected chi connectivity index (χ2v) is 16.4. The second kappa shape index (κ2) is 24.7. The minimum atomic E-state index is -0.406. The molecule has 2 aromatic carbocycles. The van der Waals surface area contributed by atoms with Crippen LogP contribution in [0.15, 0.2) is 48.5 Å². The van der Waals surface area contributed by atoms with Gasteiger partial charge in [-0.25, -0.2) is 9.97 Å². The van der Waals surface area contributed by atoms with E-state index in [-0.39, 0.29) is 90.8 Å². The first-order valence-corrected chi connectivity index (χ1v) is 20.9. The standard InChI is InChI=1S/C42H59ClN10O5.3ClH/c1-49-17-21-51(22-18-49)36(54)29-57-34-13-9-31(10-14-34)6-3-25-53(27-5-8-33(28-53)46-42(56)38-40(44)48-41(45)39(43)47-38)26-4-7-32-11-15-35(16-12-32)58-30-37(55)52-23-19-50(2)20-24-52;;;/h9-16,33H,3-8,17-30H2,1-2H3,(H4-,44,45,46,48,56);3*1H/t33-;;;/m0.../s1. The van der Waals surface area contributed by atoms with Crippen molar-refractivity contribution in [3.63, 3.8) is 0 Å². The molecular weight excluding hydrogens is 866 g/mol. The summed E-state index contributed by atoms with van der Waals surface area (Å²) in [7, 11) is 4.14. The highest BCUT2D eigenvalue weighted by Gasteiger charge is 2.36. The number of carbonyl (C=O) groups excluding carboxylic acids is 3. The van der Waals surface area contributed by atoms with E-state index in [1.54, 1.807) is 0 Å². The summed E-state index contributed by atoms with van der Waals surface area (Å²) in [6.45, 7) is 10.2. The fourth-order valence-corrected chi connectivity index (χ4v) is 8.27. The van der Waals surface area contributed by atoms with Crippen LogP contribution in [0.4, 0.5) is 11.6 Å². The van der Waals surface area contributed by atoms with Gasteiger partial charge in [0.15, 0.2) is 35.7 Å². The highest BCUT2D eigenvalue weighted by molar-refractivity contribution is 6.31. The van der Waals surface area contributed by atoms with Crippen LogP contribution in [-0.4, -0.2) is 164 Å². The van der Waals surface area contributed by atoms with E-state index in [9.17, 15) is 14.4 Å². The van der Waals surface area contributed by atoms with Gasteiger partial charge in [-0.05, 0) is 75.2 Å². The Hall–Kier alpha value is -3.83. The van der Waals surface area contributed by atoms with E-state index < -0.39 is 5.91 Å². The number of piperazine rings is 2. The van der Waals surface area contributed by atoms with Gasteiger partial charge in [0, 0.05) is 65.2 Å². The molecule has 3 aromatic rings. The number of rotatable bonds is 16. The van der Waals surface area contributed by atoms with Gasteiger partial charge in [-0.2, -0.15) is 0 Å². The molecule has 3 aliphatic rings. The van der Waals surface area contributed by atoms with Crippen LogP contribution in [0.2, 0.25) is 5.15 Å². The van der Waals surface area contributed by atoms with Gasteiger partial charge < -0.3 is 62.7 Å². The number of carbonyl (C=O) groups is 3. The number of benzene rings is 2. The number of quaternary nitrogens is 1. The number of hydrogen-bond acceptors (Lipinski definition) is 11. The normalized spacial score (nSPS) is 17.9. The predicted octanol–water partition coefficient (Wildman–Crippen LogP) is 0.422. The predicted molar refractivity (Wildman–Crippen MR) is 239 cm³/mol. The lowest BCUT2D eigenvalue weighted by atomic mass is 9.99. The van der Waals surface area contributed by atoms with E-state index in [2.05, 4.69) is 63.4 Å². The molecule has 5 N–H and O–H groups in total. The zero-order valence-corrected chi connectivity index (χ0v) is 38.4. The molecule has 4 heterocycles. The van der Waals surface area contributed by atoms with Crippen LogP contribution in [-0.2, 0) is 22.4 Å². The Morgan fingerprint density at radius 3 is 1.66 bits per heavy atom. The third-order valence-corrected chi connectivity index (χ3v) is 12.0. The van der Waals surface area contributed by atoms with Gasteiger partial charge >= 0.3 is 0 Å². The molecule has 0 radical (unpaired) electrons. The van der Waals surface area contributed by atoms with Crippen molar-refractivity contribution in [2.45, 2.75) is 44.6 Å². The van der Waals surface area contributed by atoms with Gasteiger partial charge in [-0.1, -0.05) is 35.9 Å². The van der Waals surface area contributed by atoms with Crippen LogP contribution < -0.4 is 38.7 Å². The quantitative estimate of drug-likeness (QED) is 0.170. The van der Waals surface area contributed by atoms with Crippen molar-refractivity contribution in [1.29, 1.82) is 0 Å². The van der Waals surface area contributed by atoms with E-state index in [1.807, 2.05) is 34.1 Å². The second-order valence-electron chi connectivity index (χ2n) is 16.1. The van der Waals surface area contributed by atoms with Gasteiger partial charge in [0.25, 0.3) is 17.7 Å². The van der Waals surface area contributed by atoms with E-state index in [0.29, 0.717) is 11.5 Å². The van der Waals surface area contributed by atoms with Crippen molar-refractivity contribution in [3.8, 4) is 11.5 Å². The summed E-state index contributed by atoms with van der Waals surface area (Å²) in [5, 5.41) is 3.12. The van der Waals surface area contributed by atoms with E-state index in [4.69, 9.17) is 32.5 Å². The fourth-order valence-electron chi connectivity index (χ4n) is 8.15. The van der Waals surface area contributed by atoms with Gasteiger partial charge in [0.1, 0.15) is 11.5 Å². The summed E-state index contributed by atoms with van der Waals surface area (Å²) in [6, 6.07) is 16.0. The zero-order chi connectivity index (χ0) is 41.1. The first-order chi connectivity index (χ1) is 27.9. The number of halogens is 4. The Balaban J connectivity index is 0.00000331. The SMILES string of the molecule is CN1CCN(C(=O)COc2ccc(CCC[N+]3(CCCc4ccc(OCC(=O)N5CCN(C)CC5)cc4)CCC[C@H](NC(=O)c4nc(Cl)c(N)nc4N)C3)cc2)CC1.Cl.Cl.[Cl-]. The molecule has 15 nitrogen and oxygen atoms in total. The molecule has 1 aromatic heterocycles. The Morgan fingerprint density at radius 1 is 0.738 bits per heavy atom. The molecule has 0 aliphatic carbocycles. The molecule has 6 rings (SSSR count). The minimum absolute atomic E-state index is 0. The number of aromatic nitrogens is 2. The lowest BCUT2D eigenvalue weighted by molar-refractivity contribution is -0.933. The molecular formula is C42H62Cl4N10O5. The summed E-state index contributed by atoms with van der Waals surface area (Å²) in [5.41, 5.74) is 14.2. The van der Waals surface area contributed by atoms with Crippen molar-refractivity contribution >= 4 is 65.8 Å². The van der Waals surface area contributed by atoms with E-state index in [1.165, 1.54) is 11.1 Å². The number of aryl methyl sites for hydroxylation is 2. The highest BCUT2D eigenvalue weighted by atomic mass is 35.5. The van der Waals surface area contributed by atoms with Crippen LogP contribution in [0.3, 0.4) is 0 Å². The maximum Gasteiger partial charge on any atom is 0.274 e. The molecule has 3 fully saturated rings. The van der Waals surface area contributed by atoms with Gasteiger partial charge in [-0.3, -0.25) is 14.4 Å². The first kappa shape index (κ1) is 51.5. The van der Waals surface area contributed by atoms with Gasteiger partial charge in [0.2, 0.25) is 0 Å². The molecule has 0 spiro atoms. The zero-order valence-electron chi connectivity index (χ0n) is 35.2. The lowest BCUT2D eigenvalue weighted by Crippen LogP contribution is -3.00. The van der Waals surface area contributed by atoms with Gasteiger partial charge in [0.05, 0.1) is 32.2 Å². The first-order valence-electron chi connectivity index (χ1n) is 20.6. The summed E-state index contributed by atoms with van der Waals surface area (Å²) in [6.07, 6.45) is 5.53. The molecule has 3 saturated heterocycles. The molecule has 3 aliphatic heterocycles. The number of nitrogen functional groups attached to an aromatic ring is 2. The number of likely N-dealkylation sites (tertiary alicyclic amines) is 1. The van der Waals surface area contributed by atoms with Crippen molar-refractivity contribution in [2.24, 2.45) is 0 Å². The van der Waals surface area contributed by atoms with Crippen molar-refractivity contribution in [2.75, 3.05) is 117 Å². The Kier molecular flexibility index (Phi) is 20.9. The molecule has 0 bridgehead atoms. The fraction of sp³-hybridized carbons (Fsp3) is 0.548. The summed E-state index contributed by atoms with van der Waals surface area (Å²) >= 11 is 6.09. The number of nitrogens with zero attached hydrogens (tertiary/aromatic N) is 7. The van der Waals surface area contributed by atoms with Crippen LogP contribution in [0.5, 0.6) is 11.5 Å². The minimum Gasteiger partial charge on any atom is -1.00 e. The largest absolute Gasteiger partial charge is 1.00 e. The molecule has 3 amide bonds. The van der Waals surface area contributed by atoms with Crippen molar-refractivity contribution < 1.29 is 40.7 Å². The van der Waals surface area contributed by atoms with Crippen molar-refractivity contribution in [3.05, 3.63) is 70.5 Å². The number of hydrogen-bond donors (Lipinski definition) is 3. The van der Waals surface area contributed by atoms with Crippen LogP contribution >= 0.6 is 36.4 Å². The molecule has 1 atom stereocenters. The average Bonchev–Trinajstić information content (AvgIpc) is 3.22. The molecule has 338 valence electrons. The number of ether oxygens (including phenoxy) is 2. The van der Waals surface area contributed by atoms with Crippen LogP contribution in [0, 0.1) is 0 Å². The number of amides is 3.